The highest BCUT2D eigenvalue weighted by atomic mass is 35.5. The number of aromatic nitrogens is 3. The van der Waals surface area contributed by atoms with Crippen LogP contribution in [0.3, 0.4) is 0 Å². The fraction of sp³-hybridized carbons (Fsp3) is 0.152. The SMILES string of the molecule is C#Cc1cccc(-c2cc(=O)n(C)c3ccc(C(O)(c4ccc(Cl)cc4)c4cncn4C)cc23)c1.O=C(O)[C@@H](O)[C@H](O)C(=O)O. The van der Waals surface area contributed by atoms with Crippen LogP contribution in [-0.4, -0.2) is 63.8 Å². The van der Waals surface area contributed by atoms with Gasteiger partial charge in [-0.15, -0.1) is 6.42 Å². The molecule has 0 spiro atoms. The third-order valence-corrected chi connectivity index (χ3v) is 7.51. The summed E-state index contributed by atoms with van der Waals surface area (Å²) in [5, 5.41) is 46.2. The number of carbonyl (C=O) groups is 2. The van der Waals surface area contributed by atoms with Crippen LogP contribution in [0.5, 0.6) is 0 Å². The minimum atomic E-state index is -2.27. The number of halogens is 1. The van der Waals surface area contributed by atoms with Gasteiger partial charge in [-0.3, -0.25) is 4.79 Å². The first-order valence-electron chi connectivity index (χ1n) is 13.3. The Bertz CT molecular complexity index is 1980. The molecule has 0 aliphatic carbocycles. The third-order valence-electron chi connectivity index (χ3n) is 7.26. The largest absolute Gasteiger partial charge is 0.479 e. The highest BCUT2D eigenvalue weighted by Gasteiger charge is 2.37. The van der Waals surface area contributed by atoms with Gasteiger partial charge in [0, 0.05) is 36.1 Å². The van der Waals surface area contributed by atoms with Crippen molar-refractivity contribution in [1.82, 2.24) is 14.1 Å². The molecule has 5 N–H and O–H groups in total. The summed E-state index contributed by atoms with van der Waals surface area (Å²) in [6, 6.07) is 21.9. The zero-order valence-electron chi connectivity index (χ0n) is 24.0. The Balaban J connectivity index is 0.000000399. The van der Waals surface area contributed by atoms with E-state index in [-0.39, 0.29) is 5.56 Å². The van der Waals surface area contributed by atoms with E-state index in [1.54, 1.807) is 59.0 Å². The van der Waals surface area contributed by atoms with E-state index >= 15 is 0 Å². The normalized spacial score (nSPS) is 13.5. The molecule has 0 saturated carbocycles. The van der Waals surface area contributed by atoms with Gasteiger partial charge in [-0.05, 0) is 58.7 Å². The molecule has 45 heavy (non-hydrogen) atoms. The predicted molar refractivity (Wildman–Crippen MR) is 167 cm³/mol. The van der Waals surface area contributed by atoms with Crippen LogP contribution in [0.2, 0.25) is 5.02 Å². The van der Waals surface area contributed by atoms with Crippen LogP contribution in [0.25, 0.3) is 22.0 Å². The van der Waals surface area contributed by atoms with Crippen molar-refractivity contribution in [3.05, 3.63) is 123 Å². The number of pyridine rings is 1. The number of aryl methyl sites for hydroxylation is 2. The van der Waals surface area contributed by atoms with E-state index in [4.69, 9.17) is 38.5 Å². The lowest BCUT2D eigenvalue weighted by atomic mass is 9.82. The van der Waals surface area contributed by atoms with Crippen LogP contribution in [-0.2, 0) is 29.3 Å². The molecule has 0 bridgehead atoms. The Morgan fingerprint density at radius 1 is 0.933 bits per heavy atom. The zero-order valence-corrected chi connectivity index (χ0v) is 24.8. The number of carboxylic acids is 2. The molecule has 5 aromatic rings. The number of benzene rings is 3. The highest BCUT2D eigenvalue weighted by molar-refractivity contribution is 6.30. The molecule has 0 aliphatic heterocycles. The second kappa shape index (κ2) is 13.2. The molecule has 0 radical (unpaired) electrons. The lowest BCUT2D eigenvalue weighted by Gasteiger charge is -2.30. The smallest absolute Gasteiger partial charge is 0.335 e. The van der Waals surface area contributed by atoms with Crippen molar-refractivity contribution >= 4 is 34.4 Å². The number of carboxylic acid groups (broad SMARTS) is 2. The van der Waals surface area contributed by atoms with Crippen molar-refractivity contribution in [1.29, 1.82) is 0 Å². The molecule has 2 aromatic heterocycles. The number of hydrogen-bond donors (Lipinski definition) is 5. The number of rotatable bonds is 7. The van der Waals surface area contributed by atoms with E-state index in [1.807, 2.05) is 49.5 Å². The van der Waals surface area contributed by atoms with Crippen molar-refractivity contribution in [3.63, 3.8) is 0 Å². The van der Waals surface area contributed by atoms with Crippen LogP contribution >= 0.6 is 11.6 Å². The van der Waals surface area contributed by atoms with Gasteiger partial charge in [0.1, 0.15) is 0 Å². The average Bonchev–Trinajstić information content (AvgIpc) is 3.48. The minimum absolute atomic E-state index is 0.133. The predicted octanol–water partition coefficient (Wildman–Crippen LogP) is 2.74. The number of fused-ring (bicyclic) bond motifs is 1. The first kappa shape index (κ1) is 32.7. The molecule has 0 saturated heterocycles. The van der Waals surface area contributed by atoms with Crippen LogP contribution in [0.15, 0.2) is 90.1 Å². The topological polar surface area (TPSA) is 175 Å². The van der Waals surface area contributed by atoms with Gasteiger partial charge in [-0.1, -0.05) is 47.9 Å². The summed E-state index contributed by atoms with van der Waals surface area (Å²) >= 11 is 6.14. The fourth-order valence-corrected chi connectivity index (χ4v) is 4.96. The van der Waals surface area contributed by atoms with E-state index in [9.17, 15) is 19.5 Å². The molecule has 0 amide bonds. The van der Waals surface area contributed by atoms with Crippen molar-refractivity contribution in [2.75, 3.05) is 0 Å². The first-order chi connectivity index (χ1) is 21.3. The lowest BCUT2D eigenvalue weighted by Crippen LogP contribution is -2.39. The molecule has 3 atom stereocenters. The second-order valence-electron chi connectivity index (χ2n) is 10.1. The molecule has 12 heteroatoms. The Hall–Kier alpha value is -5.25. The summed E-state index contributed by atoms with van der Waals surface area (Å²) < 4.78 is 3.38. The monoisotopic (exact) mass is 629 g/mol. The molecule has 5 rings (SSSR count). The molecule has 0 aliphatic rings. The minimum Gasteiger partial charge on any atom is -0.479 e. The van der Waals surface area contributed by atoms with Gasteiger partial charge >= 0.3 is 11.9 Å². The third kappa shape index (κ3) is 6.50. The van der Waals surface area contributed by atoms with Gasteiger partial charge in [0.15, 0.2) is 17.8 Å². The van der Waals surface area contributed by atoms with Crippen LogP contribution < -0.4 is 5.56 Å². The van der Waals surface area contributed by atoms with Gasteiger partial charge in [-0.2, -0.15) is 0 Å². The zero-order chi connectivity index (χ0) is 33.1. The molecule has 11 nitrogen and oxygen atoms in total. The van der Waals surface area contributed by atoms with E-state index in [2.05, 4.69) is 10.9 Å². The van der Waals surface area contributed by atoms with E-state index < -0.39 is 29.7 Å². The summed E-state index contributed by atoms with van der Waals surface area (Å²) in [6.07, 6.45) is 4.39. The van der Waals surface area contributed by atoms with Gasteiger partial charge in [0.25, 0.3) is 5.56 Å². The van der Waals surface area contributed by atoms with Crippen LogP contribution in [0.1, 0.15) is 22.4 Å². The number of terminal acetylenes is 1. The Kier molecular flexibility index (Phi) is 9.56. The summed E-state index contributed by atoms with van der Waals surface area (Å²) in [5.41, 5.74) is 3.25. The van der Waals surface area contributed by atoms with E-state index in [0.29, 0.717) is 21.8 Å². The Morgan fingerprint density at radius 3 is 2.11 bits per heavy atom. The number of nitrogens with zero attached hydrogens (tertiary/aromatic N) is 3. The molecular weight excluding hydrogens is 602 g/mol. The number of aliphatic hydroxyl groups excluding tert-OH is 2. The summed E-state index contributed by atoms with van der Waals surface area (Å²) in [5.74, 6) is -0.883. The Labute approximate surface area is 261 Å². The number of aliphatic hydroxyl groups is 3. The van der Waals surface area contributed by atoms with Crippen molar-refractivity contribution < 1.29 is 35.1 Å². The second-order valence-corrected chi connectivity index (χ2v) is 10.5. The first-order valence-corrected chi connectivity index (χ1v) is 13.7. The molecular formula is C33H28ClN3O8. The van der Waals surface area contributed by atoms with E-state index in [1.165, 1.54) is 0 Å². The Morgan fingerprint density at radius 2 is 1.56 bits per heavy atom. The van der Waals surface area contributed by atoms with Crippen molar-refractivity contribution in [2.24, 2.45) is 14.1 Å². The number of aliphatic carboxylic acids is 2. The molecule has 3 aromatic carbocycles. The maximum Gasteiger partial charge on any atom is 0.335 e. The standard InChI is InChI=1S/C29H22ClN3O2.C4H6O6/c1-4-19-6-5-7-20(14-19)24-16-28(34)33(3)26-13-10-22(15-25(24)26)29(35,27-17-31-18-32(27)2)21-8-11-23(30)12-9-21;5-1(3(7)8)2(6)4(9)10/h1,5-18,35H,2-3H3;1-2,5-6H,(H,7,8)(H,9,10)/t;1-,2-/m.0/s1. The van der Waals surface area contributed by atoms with E-state index in [0.717, 1.165) is 27.6 Å². The summed E-state index contributed by atoms with van der Waals surface area (Å²) in [7, 11) is 3.57. The maximum absolute atomic E-state index is 12.8. The van der Waals surface area contributed by atoms with Gasteiger partial charge in [-0.25, -0.2) is 14.6 Å². The summed E-state index contributed by atoms with van der Waals surface area (Å²) in [6.45, 7) is 0. The molecule has 2 heterocycles. The lowest BCUT2D eigenvalue weighted by molar-refractivity contribution is -0.165. The van der Waals surface area contributed by atoms with Crippen molar-refractivity contribution in [3.8, 4) is 23.5 Å². The summed E-state index contributed by atoms with van der Waals surface area (Å²) in [4.78, 5) is 36.6. The van der Waals surface area contributed by atoms with Gasteiger partial charge in [0.05, 0.1) is 23.7 Å². The quantitative estimate of drug-likeness (QED) is 0.170. The molecule has 1 unspecified atom stereocenters. The van der Waals surface area contributed by atoms with Crippen LogP contribution in [0.4, 0.5) is 0 Å². The number of hydrogen-bond acceptors (Lipinski definition) is 7. The van der Waals surface area contributed by atoms with Gasteiger partial charge in [0.2, 0.25) is 0 Å². The molecule has 0 fully saturated rings. The highest BCUT2D eigenvalue weighted by Crippen LogP contribution is 2.39. The van der Waals surface area contributed by atoms with Crippen molar-refractivity contribution in [2.45, 2.75) is 17.8 Å². The number of imidazole rings is 1. The molecule has 230 valence electrons. The fourth-order valence-electron chi connectivity index (χ4n) is 4.83. The van der Waals surface area contributed by atoms with Gasteiger partial charge < -0.3 is 34.7 Å². The average molecular weight is 630 g/mol. The van der Waals surface area contributed by atoms with Crippen LogP contribution in [0, 0.1) is 12.3 Å². The maximum atomic E-state index is 12.8.